The number of non-ortho nitro benzene ring substituents is 1. The number of ketones is 1. The summed E-state index contributed by atoms with van der Waals surface area (Å²) in [6, 6.07) is 7.76. The molecule has 0 unspecified atom stereocenters. The standard InChI is InChI=1S/C20H15ClN2O7S/c1-2-30-16-8-11(7-14(21)18(16)25)9-17-19(26)22(20(27)31-17)10-15(24)12-3-5-13(6-4-12)23(28)29/h3-9,25H,2,10H2,1H3/b17-9-. The van der Waals surface area contributed by atoms with Gasteiger partial charge in [0.1, 0.15) is 0 Å². The van der Waals surface area contributed by atoms with Crippen LogP contribution in [0.1, 0.15) is 22.8 Å². The van der Waals surface area contributed by atoms with Gasteiger partial charge in [0.05, 0.1) is 28.0 Å². The number of amides is 2. The van der Waals surface area contributed by atoms with Crippen molar-refractivity contribution in [3.8, 4) is 11.5 Å². The van der Waals surface area contributed by atoms with Crippen LogP contribution < -0.4 is 4.74 Å². The number of phenols is 1. The van der Waals surface area contributed by atoms with Crippen LogP contribution in [0.4, 0.5) is 10.5 Å². The Bertz CT molecular complexity index is 1120. The number of hydrogen-bond donors (Lipinski definition) is 1. The first-order chi connectivity index (χ1) is 14.7. The third-order valence-electron chi connectivity index (χ3n) is 4.22. The molecule has 1 aliphatic heterocycles. The number of nitro benzene ring substituents is 1. The lowest BCUT2D eigenvalue weighted by atomic mass is 10.1. The van der Waals surface area contributed by atoms with Crippen LogP contribution in [-0.4, -0.2) is 45.0 Å². The van der Waals surface area contributed by atoms with Gasteiger partial charge < -0.3 is 9.84 Å². The van der Waals surface area contributed by atoms with Crippen molar-refractivity contribution in [3.63, 3.8) is 0 Å². The van der Waals surface area contributed by atoms with Crippen LogP contribution in [0.5, 0.6) is 11.5 Å². The molecular weight excluding hydrogens is 448 g/mol. The molecule has 3 rings (SSSR count). The van der Waals surface area contributed by atoms with Crippen LogP contribution in [0, 0.1) is 10.1 Å². The zero-order chi connectivity index (χ0) is 22.7. The van der Waals surface area contributed by atoms with E-state index >= 15 is 0 Å². The summed E-state index contributed by atoms with van der Waals surface area (Å²) in [5, 5.41) is 20.0. The number of nitro groups is 1. The van der Waals surface area contributed by atoms with Gasteiger partial charge in [-0.15, -0.1) is 0 Å². The maximum absolute atomic E-state index is 12.7. The second kappa shape index (κ2) is 9.19. The van der Waals surface area contributed by atoms with Crippen molar-refractivity contribution in [1.82, 2.24) is 4.90 Å². The van der Waals surface area contributed by atoms with Crippen molar-refractivity contribution in [2.45, 2.75) is 6.92 Å². The van der Waals surface area contributed by atoms with E-state index in [1.54, 1.807) is 6.92 Å². The van der Waals surface area contributed by atoms with Gasteiger partial charge in [-0.1, -0.05) is 11.6 Å². The fourth-order valence-electron chi connectivity index (χ4n) is 2.73. The predicted molar refractivity (Wildman–Crippen MR) is 114 cm³/mol. The van der Waals surface area contributed by atoms with Crippen LogP contribution in [0.15, 0.2) is 41.3 Å². The van der Waals surface area contributed by atoms with Gasteiger partial charge in [-0.3, -0.25) is 29.4 Å². The van der Waals surface area contributed by atoms with E-state index in [9.17, 15) is 29.6 Å². The summed E-state index contributed by atoms with van der Waals surface area (Å²) in [6.45, 7) is 1.52. The zero-order valence-corrected chi connectivity index (χ0v) is 17.6. The quantitative estimate of drug-likeness (QED) is 0.279. The Morgan fingerprint density at radius 3 is 2.58 bits per heavy atom. The molecule has 2 amide bonds. The minimum atomic E-state index is -0.660. The molecule has 2 aromatic rings. The Hall–Kier alpha value is -3.37. The summed E-state index contributed by atoms with van der Waals surface area (Å²) in [5.41, 5.74) is 0.392. The number of Topliss-reactive ketones (excluding diaryl/α,β-unsaturated/α-hetero) is 1. The van der Waals surface area contributed by atoms with Gasteiger partial charge in [0, 0.05) is 17.7 Å². The minimum Gasteiger partial charge on any atom is -0.503 e. The number of aromatic hydroxyl groups is 1. The highest BCUT2D eigenvalue weighted by molar-refractivity contribution is 8.18. The molecule has 0 saturated carbocycles. The van der Waals surface area contributed by atoms with E-state index in [-0.39, 0.29) is 39.3 Å². The van der Waals surface area contributed by atoms with Crippen molar-refractivity contribution in [1.29, 1.82) is 0 Å². The molecular formula is C20H15ClN2O7S. The third kappa shape index (κ3) is 4.86. The molecule has 1 saturated heterocycles. The predicted octanol–water partition coefficient (Wildman–Crippen LogP) is 4.27. The van der Waals surface area contributed by atoms with Gasteiger partial charge in [0.2, 0.25) is 0 Å². The monoisotopic (exact) mass is 462 g/mol. The van der Waals surface area contributed by atoms with Crippen molar-refractivity contribution in [2.75, 3.05) is 13.2 Å². The highest BCUT2D eigenvalue weighted by atomic mass is 35.5. The topological polar surface area (TPSA) is 127 Å². The van der Waals surface area contributed by atoms with Crippen LogP contribution in [0.2, 0.25) is 5.02 Å². The third-order valence-corrected chi connectivity index (χ3v) is 5.42. The van der Waals surface area contributed by atoms with E-state index in [1.165, 1.54) is 42.5 Å². The molecule has 11 heteroatoms. The number of rotatable bonds is 7. The molecule has 0 spiro atoms. The van der Waals surface area contributed by atoms with Crippen molar-refractivity contribution >= 4 is 52.1 Å². The van der Waals surface area contributed by atoms with E-state index in [4.69, 9.17) is 16.3 Å². The Morgan fingerprint density at radius 1 is 1.29 bits per heavy atom. The average Bonchev–Trinajstić information content (AvgIpc) is 2.99. The Balaban J connectivity index is 1.79. The summed E-state index contributed by atoms with van der Waals surface area (Å²) < 4.78 is 5.30. The number of carbonyl (C=O) groups is 3. The summed E-state index contributed by atoms with van der Waals surface area (Å²) in [5.74, 6) is -1.30. The lowest BCUT2D eigenvalue weighted by molar-refractivity contribution is -0.384. The van der Waals surface area contributed by atoms with E-state index in [2.05, 4.69) is 0 Å². The Morgan fingerprint density at radius 2 is 1.97 bits per heavy atom. The van der Waals surface area contributed by atoms with Crippen LogP contribution in [0.3, 0.4) is 0 Å². The number of phenolic OH excluding ortho intramolecular Hbond substituents is 1. The molecule has 0 atom stereocenters. The van der Waals surface area contributed by atoms with E-state index in [0.717, 1.165) is 4.90 Å². The average molecular weight is 463 g/mol. The van der Waals surface area contributed by atoms with Crippen molar-refractivity contribution in [2.24, 2.45) is 0 Å². The SMILES string of the molecule is CCOc1cc(/C=C2\SC(=O)N(CC(=O)c3ccc([N+](=O)[O-])cc3)C2=O)cc(Cl)c1O. The number of hydrogen-bond acceptors (Lipinski definition) is 8. The maximum Gasteiger partial charge on any atom is 0.293 e. The number of benzene rings is 2. The fraction of sp³-hybridized carbons (Fsp3) is 0.150. The molecule has 2 aromatic carbocycles. The molecule has 160 valence electrons. The molecule has 0 bridgehead atoms. The van der Waals surface area contributed by atoms with E-state index < -0.39 is 28.4 Å². The summed E-state index contributed by atoms with van der Waals surface area (Å²) >= 11 is 6.65. The van der Waals surface area contributed by atoms with Crippen LogP contribution in [-0.2, 0) is 4.79 Å². The maximum atomic E-state index is 12.7. The molecule has 9 nitrogen and oxygen atoms in total. The van der Waals surface area contributed by atoms with Crippen molar-refractivity contribution < 1.29 is 29.2 Å². The highest BCUT2D eigenvalue weighted by Gasteiger charge is 2.36. The van der Waals surface area contributed by atoms with E-state index in [0.29, 0.717) is 17.3 Å². The number of ether oxygens (including phenoxy) is 1. The molecule has 1 fully saturated rings. The first kappa shape index (κ1) is 22.3. The molecule has 31 heavy (non-hydrogen) atoms. The van der Waals surface area contributed by atoms with Crippen LogP contribution in [0.25, 0.3) is 6.08 Å². The fourth-order valence-corrected chi connectivity index (χ4v) is 3.79. The van der Waals surface area contributed by atoms with Gasteiger partial charge in [-0.2, -0.15) is 0 Å². The molecule has 0 radical (unpaired) electrons. The second-order valence-electron chi connectivity index (χ2n) is 6.28. The largest absolute Gasteiger partial charge is 0.503 e. The van der Waals surface area contributed by atoms with E-state index in [1.807, 2.05) is 0 Å². The normalized spacial score (nSPS) is 14.9. The summed E-state index contributed by atoms with van der Waals surface area (Å²) in [6.07, 6.45) is 1.41. The molecule has 1 aliphatic rings. The smallest absolute Gasteiger partial charge is 0.293 e. The van der Waals surface area contributed by atoms with Gasteiger partial charge in [-0.05, 0) is 54.6 Å². The Labute approximate surface area is 185 Å². The van der Waals surface area contributed by atoms with Gasteiger partial charge >= 0.3 is 0 Å². The van der Waals surface area contributed by atoms with Gasteiger partial charge in [0.15, 0.2) is 17.3 Å². The first-order valence-electron chi connectivity index (χ1n) is 8.89. The van der Waals surface area contributed by atoms with Gasteiger partial charge in [0.25, 0.3) is 16.8 Å². The first-order valence-corrected chi connectivity index (χ1v) is 10.1. The van der Waals surface area contributed by atoms with Gasteiger partial charge in [-0.25, -0.2) is 0 Å². The number of halogens is 1. The summed E-state index contributed by atoms with van der Waals surface area (Å²) in [4.78, 5) is 48.4. The molecule has 0 aliphatic carbocycles. The zero-order valence-electron chi connectivity index (χ0n) is 16.0. The number of carbonyl (C=O) groups excluding carboxylic acids is 3. The Kier molecular flexibility index (Phi) is 6.62. The molecule has 0 aromatic heterocycles. The number of nitrogens with zero attached hydrogens (tertiary/aromatic N) is 2. The number of thioether (sulfide) groups is 1. The van der Waals surface area contributed by atoms with Crippen molar-refractivity contribution in [3.05, 3.63) is 67.6 Å². The molecule has 1 N–H and O–H groups in total. The number of imide groups is 1. The minimum absolute atomic E-state index is 0.0183. The molecule has 1 heterocycles. The van der Waals surface area contributed by atoms with Crippen LogP contribution >= 0.6 is 23.4 Å². The second-order valence-corrected chi connectivity index (χ2v) is 7.68. The lowest BCUT2D eigenvalue weighted by Crippen LogP contribution is -2.33. The summed E-state index contributed by atoms with van der Waals surface area (Å²) in [7, 11) is 0. The highest BCUT2D eigenvalue weighted by Crippen LogP contribution is 2.38. The lowest BCUT2D eigenvalue weighted by Gasteiger charge is -2.11.